The zero-order valence-electron chi connectivity index (χ0n) is 16.3. The van der Waals surface area contributed by atoms with E-state index >= 15 is 0 Å². The Morgan fingerprint density at radius 1 is 0.931 bits per heavy atom. The zero-order valence-corrected chi connectivity index (χ0v) is 17.2. The van der Waals surface area contributed by atoms with E-state index in [1.54, 1.807) is 0 Å². The van der Waals surface area contributed by atoms with Crippen molar-refractivity contribution in [3.63, 3.8) is 0 Å². The van der Waals surface area contributed by atoms with Gasteiger partial charge in [-0.2, -0.15) is 4.68 Å². The average Bonchev–Trinajstić information content (AvgIpc) is 3.19. The number of aliphatic imine (C=N–C) groups is 1. The summed E-state index contributed by atoms with van der Waals surface area (Å²) in [7, 11) is 0. The molecule has 0 aliphatic carbocycles. The summed E-state index contributed by atoms with van der Waals surface area (Å²) in [6.45, 7) is 5.65. The quantitative estimate of drug-likeness (QED) is 0.641. The number of aromatic nitrogens is 3. The second kappa shape index (κ2) is 6.66. The largest absolute Gasteiger partial charge is 0.343 e. The summed E-state index contributed by atoms with van der Waals surface area (Å²) in [5.74, 6) is -0.121. The summed E-state index contributed by atoms with van der Waals surface area (Å²) >= 11 is 5.51. The minimum absolute atomic E-state index is 0.188. The molecule has 0 saturated heterocycles. The third-order valence-electron chi connectivity index (χ3n) is 4.89. The van der Waals surface area contributed by atoms with E-state index in [1.165, 1.54) is 9.25 Å². The SMILES string of the molecule is CC(C)(C)n1c(=O)[nH]n(C2=NC(c3ccccc3)(c3ccccc3)C(=O)N2)c1=S. The molecule has 148 valence electrons. The highest BCUT2D eigenvalue weighted by Crippen LogP contribution is 2.37. The van der Waals surface area contributed by atoms with Gasteiger partial charge in [0.15, 0.2) is 5.54 Å². The predicted octanol–water partition coefficient (Wildman–Crippen LogP) is 2.74. The molecule has 4 rings (SSSR count). The highest BCUT2D eigenvalue weighted by Gasteiger charge is 2.47. The predicted molar refractivity (Wildman–Crippen MR) is 114 cm³/mol. The van der Waals surface area contributed by atoms with Crippen LogP contribution in [0.2, 0.25) is 0 Å². The molecular weight excluding hydrogens is 386 g/mol. The molecule has 0 atom stereocenters. The lowest BCUT2D eigenvalue weighted by Crippen LogP contribution is -2.39. The van der Waals surface area contributed by atoms with Crippen LogP contribution >= 0.6 is 12.2 Å². The fraction of sp³-hybridized carbons (Fsp3) is 0.238. The van der Waals surface area contributed by atoms with E-state index in [4.69, 9.17) is 17.2 Å². The molecule has 3 aromatic rings. The second-order valence-corrected chi connectivity index (χ2v) is 8.24. The van der Waals surface area contributed by atoms with Gasteiger partial charge in [-0.15, -0.1) is 0 Å². The first-order valence-electron chi connectivity index (χ1n) is 9.22. The van der Waals surface area contributed by atoms with Crippen LogP contribution in [0.5, 0.6) is 0 Å². The number of benzene rings is 2. The van der Waals surface area contributed by atoms with Crippen LogP contribution in [0, 0.1) is 4.77 Å². The molecule has 0 fully saturated rings. The standard InChI is InChI=1S/C21H21N5O2S/c1-20(2,3)25-18(28)24-26(19(25)29)17-22-16(27)21(23-17,14-10-6-4-7-11-14)15-12-8-5-9-13-15/h4-13H,1-3H3,(H,24,28)(H,22,23,27). The second-order valence-electron chi connectivity index (χ2n) is 7.87. The molecule has 0 saturated carbocycles. The number of H-pyrrole nitrogens is 1. The lowest BCUT2D eigenvalue weighted by Gasteiger charge is -2.24. The van der Waals surface area contributed by atoms with Gasteiger partial charge < -0.3 is 0 Å². The zero-order chi connectivity index (χ0) is 20.8. The molecule has 8 heteroatoms. The van der Waals surface area contributed by atoms with Gasteiger partial charge in [0.1, 0.15) is 0 Å². The van der Waals surface area contributed by atoms with Crippen molar-refractivity contribution >= 4 is 24.1 Å². The molecule has 1 aliphatic rings. The number of aromatic amines is 1. The number of hydrogen-bond donors (Lipinski definition) is 2. The summed E-state index contributed by atoms with van der Waals surface area (Å²) in [6.07, 6.45) is 0. The minimum Gasteiger partial charge on any atom is -0.292 e. The van der Waals surface area contributed by atoms with Gasteiger partial charge in [0.25, 0.3) is 5.91 Å². The third kappa shape index (κ3) is 2.96. The lowest BCUT2D eigenvalue weighted by atomic mass is 9.83. The van der Waals surface area contributed by atoms with Crippen molar-refractivity contribution in [2.75, 3.05) is 0 Å². The Balaban J connectivity index is 1.96. The third-order valence-corrected chi connectivity index (χ3v) is 5.25. The molecule has 2 N–H and O–H groups in total. The highest BCUT2D eigenvalue weighted by molar-refractivity contribution is 7.71. The van der Waals surface area contributed by atoms with E-state index in [0.717, 1.165) is 11.1 Å². The Kier molecular flexibility index (Phi) is 4.38. The Hall–Kier alpha value is -3.26. The molecule has 1 aliphatic heterocycles. The van der Waals surface area contributed by atoms with Crippen LogP contribution in [0.4, 0.5) is 0 Å². The van der Waals surface area contributed by atoms with Gasteiger partial charge in [-0.1, -0.05) is 60.7 Å². The Bertz CT molecular complexity index is 1170. The first-order valence-corrected chi connectivity index (χ1v) is 9.63. The van der Waals surface area contributed by atoms with E-state index in [1.807, 2.05) is 81.4 Å². The average molecular weight is 407 g/mol. The van der Waals surface area contributed by atoms with Crippen molar-refractivity contribution < 1.29 is 4.79 Å². The summed E-state index contributed by atoms with van der Waals surface area (Å²) < 4.78 is 3.05. The van der Waals surface area contributed by atoms with E-state index < -0.39 is 11.1 Å². The highest BCUT2D eigenvalue weighted by atomic mass is 32.1. The van der Waals surface area contributed by atoms with Crippen molar-refractivity contribution in [1.82, 2.24) is 19.7 Å². The molecule has 0 bridgehead atoms. The Labute approximate surface area is 172 Å². The van der Waals surface area contributed by atoms with Crippen LogP contribution in [-0.2, 0) is 15.9 Å². The first-order chi connectivity index (χ1) is 13.7. The van der Waals surface area contributed by atoms with Crippen LogP contribution in [-0.4, -0.2) is 26.2 Å². The summed E-state index contributed by atoms with van der Waals surface area (Å²) in [5, 5.41) is 5.51. The van der Waals surface area contributed by atoms with Gasteiger partial charge in [-0.05, 0) is 44.1 Å². The van der Waals surface area contributed by atoms with Gasteiger partial charge in [0.2, 0.25) is 10.7 Å². The van der Waals surface area contributed by atoms with Gasteiger partial charge in [0, 0.05) is 5.54 Å². The normalized spacial score (nSPS) is 15.8. The molecule has 0 spiro atoms. The molecule has 1 aromatic heterocycles. The Morgan fingerprint density at radius 2 is 1.45 bits per heavy atom. The molecule has 7 nitrogen and oxygen atoms in total. The van der Waals surface area contributed by atoms with Gasteiger partial charge in [0.05, 0.1) is 0 Å². The van der Waals surface area contributed by atoms with Crippen molar-refractivity contribution in [3.05, 3.63) is 87.0 Å². The van der Waals surface area contributed by atoms with E-state index in [9.17, 15) is 9.59 Å². The number of nitrogens with one attached hydrogen (secondary N) is 2. The number of hydrogen-bond acceptors (Lipinski definition) is 4. The molecular formula is C21H21N5O2S. The fourth-order valence-corrected chi connectivity index (χ4v) is 4.06. The van der Waals surface area contributed by atoms with Crippen LogP contribution in [0.15, 0.2) is 70.5 Å². The van der Waals surface area contributed by atoms with Crippen LogP contribution in [0.25, 0.3) is 0 Å². The lowest BCUT2D eigenvalue weighted by molar-refractivity contribution is -0.122. The van der Waals surface area contributed by atoms with E-state index in [2.05, 4.69) is 10.4 Å². The van der Waals surface area contributed by atoms with Crippen molar-refractivity contribution in [3.8, 4) is 0 Å². The first kappa shape index (κ1) is 19.1. The molecule has 1 amide bonds. The minimum atomic E-state index is -1.27. The van der Waals surface area contributed by atoms with Crippen molar-refractivity contribution in [2.45, 2.75) is 31.8 Å². The maximum Gasteiger partial charge on any atom is 0.343 e. The monoisotopic (exact) mass is 407 g/mol. The van der Waals surface area contributed by atoms with E-state index in [-0.39, 0.29) is 22.3 Å². The molecule has 0 unspecified atom stereocenters. The number of carbonyl (C=O) groups is 1. The molecule has 29 heavy (non-hydrogen) atoms. The molecule has 2 aromatic carbocycles. The molecule has 2 heterocycles. The summed E-state index contributed by atoms with van der Waals surface area (Å²) in [6, 6.07) is 18.7. The topological polar surface area (TPSA) is 84.2 Å². The van der Waals surface area contributed by atoms with Crippen LogP contribution < -0.4 is 11.0 Å². The number of carbonyl (C=O) groups excluding carboxylic acids is 1. The maximum atomic E-state index is 13.3. The van der Waals surface area contributed by atoms with E-state index in [0.29, 0.717) is 0 Å². The smallest absolute Gasteiger partial charge is 0.292 e. The van der Waals surface area contributed by atoms with Crippen molar-refractivity contribution in [1.29, 1.82) is 0 Å². The Morgan fingerprint density at radius 3 is 1.90 bits per heavy atom. The summed E-state index contributed by atoms with van der Waals surface area (Å²) in [5.41, 5.74) is -0.704. The van der Waals surface area contributed by atoms with Gasteiger partial charge >= 0.3 is 5.69 Å². The van der Waals surface area contributed by atoms with Crippen molar-refractivity contribution in [2.24, 2.45) is 4.99 Å². The van der Waals surface area contributed by atoms with Crippen LogP contribution in [0.3, 0.4) is 0 Å². The molecule has 0 radical (unpaired) electrons. The fourth-order valence-electron chi connectivity index (χ4n) is 3.57. The summed E-state index contributed by atoms with van der Waals surface area (Å²) in [4.78, 5) is 30.6. The number of rotatable bonds is 2. The number of amides is 1. The number of nitrogens with zero attached hydrogens (tertiary/aromatic N) is 3. The van der Waals surface area contributed by atoms with Gasteiger partial charge in [-0.3, -0.25) is 14.7 Å². The maximum absolute atomic E-state index is 13.3. The van der Waals surface area contributed by atoms with Gasteiger partial charge in [-0.25, -0.2) is 14.9 Å². The van der Waals surface area contributed by atoms with Crippen LogP contribution in [0.1, 0.15) is 31.9 Å².